The van der Waals surface area contributed by atoms with Crippen molar-refractivity contribution in [1.29, 1.82) is 0 Å². The minimum absolute atomic E-state index is 0.432. The molecule has 1 aliphatic rings. The Bertz CT molecular complexity index is 930. The summed E-state index contributed by atoms with van der Waals surface area (Å²) >= 11 is 0. The lowest BCUT2D eigenvalue weighted by Crippen LogP contribution is -2.32. The highest BCUT2D eigenvalue weighted by Crippen LogP contribution is 2.33. The molecule has 2 aromatic heterocycles. The van der Waals surface area contributed by atoms with E-state index in [1.165, 1.54) is 12.1 Å². The highest BCUT2D eigenvalue weighted by molar-refractivity contribution is 5.53. The molecule has 0 N–H and O–H groups in total. The van der Waals surface area contributed by atoms with Gasteiger partial charge >= 0.3 is 6.18 Å². The van der Waals surface area contributed by atoms with Crippen molar-refractivity contribution < 1.29 is 13.2 Å². The highest BCUT2D eigenvalue weighted by Gasteiger charge is 2.32. The lowest BCUT2D eigenvalue weighted by Gasteiger charge is -2.31. The molecule has 25 heavy (non-hydrogen) atoms. The summed E-state index contributed by atoms with van der Waals surface area (Å²) in [4.78, 5) is 6.60. The molecule has 7 heteroatoms. The standard InChI is InChI=1S/C18H17F3N4/c1-2-15-10-17(25-16(23-15)5-7-22-25)24-8-6-12-3-4-14(18(19,20)21)9-13(12)11-24/h3-5,7,9-10H,2,6,8,11H2,1H3. The largest absolute Gasteiger partial charge is 0.416 e. The van der Waals surface area contributed by atoms with Gasteiger partial charge in [0, 0.05) is 30.9 Å². The van der Waals surface area contributed by atoms with E-state index in [2.05, 4.69) is 15.0 Å². The van der Waals surface area contributed by atoms with Crippen LogP contribution >= 0.6 is 0 Å². The van der Waals surface area contributed by atoms with Crippen molar-refractivity contribution in [1.82, 2.24) is 14.6 Å². The van der Waals surface area contributed by atoms with Gasteiger partial charge in [-0.3, -0.25) is 0 Å². The first-order valence-corrected chi connectivity index (χ1v) is 8.23. The molecule has 1 aliphatic heterocycles. The molecule has 0 atom stereocenters. The molecule has 0 saturated heterocycles. The molecule has 0 saturated carbocycles. The van der Waals surface area contributed by atoms with E-state index in [0.29, 0.717) is 13.0 Å². The summed E-state index contributed by atoms with van der Waals surface area (Å²) in [5, 5.41) is 4.31. The summed E-state index contributed by atoms with van der Waals surface area (Å²) in [5.41, 5.74) is 2.80. The lowest BCUT2D eigenvalue weighted by atomic mass is 9.97. The van der Waals surface area contributed by atoms with Gasteiger partial charge in [0.25, 0.3) is 0 Å². The third-order valence-electron chi connectivity index (χ3n) is 4.63. The number of hydrogen-bond donors (Lipinski definition) is 0. The van der Waals surface area contributed by atoms with E-state index in [1.54, 1.807) is 16.8 Å². The number of fused-ring (bicyclic) bond motifs is 2. The number of aromatic nitrogens is 3. The maximum atomic E-state index is 13.0. The van der Waals surface area contributed by atoms with E-state index in [0.717, 1.165) is 41.3 Å². The summed E-state index contributed by atoms with van der Waals surface area (Å²) in [7, 11) is 0. The normalized spacial score (nSPS) is 14.8. The number of anilines is 1. The zero-order valence-corrected chi connectivity index (χ0v) is 13.7. The minimum Gasteiger partial charge on any atom is -0.352 e. The molecule has 3 heterocycles. The second kappa shape index (κ2) is 5.75. The number of alkyl halides is 3. The Hall–Kier alpha value is -2.57. The third kappa shape index (κ3) is 2.83. The van der Waals surface area contributed by atoms with Crippen molar-refractivity contribution >= 4 is 11.5 Å². The maximum absolute atomic E-state index is 13.0. The summed E-state index contributed by atoms with van der Waals surface area (Å²) < 4.78 is 40.8. The fraction of sp³-hybridized carbons (Fsp3) is 0.333. The van der Waals surface area contributed by atoms with Gasteiger partial charge in [-0.05, 0) is 36.1 Å². The first kappa shape index (κ1) is 15.9. The molecule has 0 aliphatic carbocycles. The average molecular weight is 346 g/mol. The second-order valence-electron chi connectivity index (χ2n) is 6.21. The molecule has 4 nitrogen and oxygen atoms in total. The SMILES string of the molecule is CCc1cc(N2CCc3ccc(C(F)(F)F)cc3C2)n2nccc2n1. The van der Waals surface area contributed by atoms with Crippen LogP contribution < -0.4 is 4.90 Å². The molecule has 0 amide bonds. The zero-order valence-electron chi connectivity index (χ0n) is 13.7. The van der Waals surface area contributed by atoms with E-state index in [9.17, 15) is 13.2 Å². The molecule has 3 aromatic rings. The van der Waals surface area contributed by atoms with Crippen LogP contribution in [0.15, 0.2) is 36.5 Å². The maximum Gasteiger partial charge on any atom is 0.416 e. The van der Waals surface area contributed by atoms with Gasteiger partial charge in [0.05, 0.1) is 11.8 Å². The van der Waals surface area contributed by atoms with Crippen molar-refractivity contribution in [3.63, 3.8) is 0 Å². The van der Waals surface area contributed by atoms with E-state index >= 15 is 0 Å². The van der Waals surface area contributed by atoms with Crippen LogP contribution in [0, 0.1) is 0 Å². The van der Waals surface area contributed by atoms with Crippen LogP contribution in [0.25, 0.3) is 5.65 Å². The van der Waals surface area contributed by atoms with Gasteiger partial charge < -0.3 is 4.90 Å². The molecular formula is C18H17F3N4. The van der Waals surface area contributed by atoms with Crippen LogP contribution in [0.2, 0.25) is 0 Å². The summed E-state index contributed by atoms with van der Waals surface area (Å²) in [6, 6.07) is 7.84. The van der Waals surface area contributed by atoms with Gasteiger partial charge in [-0.2, -0.15) is 22.8 Å². The monoisotopic (exact) mass is 346 g/mol. The summed E-state index contributed by atoms with van der Waals surface area (Å²) in [5.74, 6) is 0.870. The molecule has 0 unspecified atom stereocenters. The fourth-order valence-corrected chi connectivity index (χ4v) is 3.28. The first-order valence-electron chi connectivity index (χ1n) is 8.23. The Balaban J connectivity index is 1.74. The molecular weight excluding hydrogens is 329 g/mol. The molecule has 0 bridgehead atoms. The number of aryl methyl sites for hydroxylation is 1. The first-order chi connectivity index (χ1) is 12.0. The van der Waals surface area contributed by atoms with E-state index in [-0.39, 0.29) is 0 Å². The number of rotatable bonds is 2. The topological polar surface area (TPSA) is 33.4 Å². The van der Waals surface area contributed by atoms with E-state index in [1.807, 2.05) is 19.1 Å². The molecule has 130 valence electrons. The molecule has 4 rings (SSSR count). The van der Waals surface area contributed by atoms with Crippen LogP contribution in [0.4, 0.5) is 19.0 Å². The molecule has 0 fully saturated rings. The smallest absolute Gasteiger partial charge is 0.352 e. The van der Waals surface area contributed by atoms with Gasteiger partial charge in [-0.25, -0.2) is 4.98 Å². The molecule has 1 aromatic carbocycles. The van der Waals surface area contributed by atoms with Crippen LogP contribution in [0.5, 0.6) is 0 Å². The van der Waals surface area contributed by atoms with Crippen LogP contribution in [0.3, 0.4) is 0 Å². The van der Waals surface area contributed by atoms with Crippen molar-refractivity contribution in [2.75, 3.05) is 11.4 Å². The number of benzene rings is 1. The number of halogens is 3. The Morgan fingerprint density at radius 3 is 2.72 bits per heavy atom. The minimum atomic E-state index is -4.32. The van der Waals surface area contributed by atoms with E-state index in [4.69, 9.17) is 0 Å². The molecule has 0 radical (unpaired) electrons. The predicted molar refractivity (Wildman–Crippen MR) is 88.6 cm³/mol. The van der Waals surface area contributed by atoms with Gasteiger partial charge in [-0.1, -0.05) is 13.0 Å². The summed E-state index contributed by atoms with van der Waals surface area (Å²) in [6.07, 6.45) is -1.14. The molecule has 0 spiro atoms. The van der Waals surface area contributed by atoms with E-state index < -0.39 is 11.7 Å². The second-order valence-corrected chi connectivity index (χ2v) is 6.21. The quantitative estimate of drug-likeness (QED) is 0.706. The van der Waals surface area contributed by atoms with Gasteiger partial charge in [-0.15, -0.1) is 0 Å². The third-order valence-corrected chi connectivity index (χ3v) is 4.63. The van der Waals surface area contributed by atoms with Crippen molar-refractivity contribution in [3.05, 3.63) is 58.9 Å². The van der Waals surface area contributed by atoms with Crippen LogP contribution in [-0.2, 0) is 25.6 Å². The average Bonchev–Trinajstić information content (AvgIpc) is 3.07. The van der Waals surface area contributed by atoms with Crippen LogP contribution in [-0.4, -0.2) is 21.1 Å². The van der Waals surface area contributed by atoms with Gasteiger partial charge in [0.1, 0.15) is 5.82 Å². The zero-order chi connectivity index (χ0) is 17.6. The fourth-order valence-electron chi connectivity index (χ4n) is 3.28. The van der Waals surface area contributed by atoms with Crippen molar-refractivity contribution in [3.8, 4) is 0 Å². The lowest BCUT2D eigenvalue weighted by molar-refractivity contribution is -0.137. The Kier molecular flexibility index (Phi) is 3.67. The number of hydrogen-bond acceptors (Lipinski definition) is 3. The van der Waals surface area contributed by atoms with Crippen molar-refractivity contribution in [2.45, 2.75) is 32.5 Å². The Morgan fingerprint density at radius 2 is 1.96 bits per heavy atom. The highest BCUT2D eigenvalue weighted by atomic mass is 19.4. The predicted octanol–water partition coefficient (Wildman–Crippen LogP) is 3.87. The summed E-state index contributed by atoms with van der Waals surface area (Å²) in [6.45, 7) is 3.20. The Labute approximate surface area is 142 Å². The van der Waals surface area contributed by atoms with Gasteiger partial charge in [0.15, 0.2) is 5.65 Å². The van der Waals surface area contributed by atoms with Crippen molar-refractivity contribution in [2.24, 2.45) is 0 Å². The van der Waals surface area contributed by atoms with Crippen LogP contribution in [0.1, 0.15) is 29.3 Å². The number of nitrogens with zero attached hydrogens (tertiary/aromatic N) is 4. The Morgan fingerprint density at radius 1 is 1.12 bits per heavy atom. The van der Waals surface area contributed by atoms with Gasteiger partial charge in [0.2, 0.25) is 0 Å².